The lowest BCUT2D eigenvalue weighted by Crippen LogP contribution is -2.62. The first-order valence-corrected chi connectivity index (χ1v) is 23.0. The number of aliphatic imine (C=N–C) groups is 1. The van der Waals surface area contributed by atoms with Gasteiger partial charge in [0, 0.05) is 19.5 Å². The van der Waals surface area contributed by atoms with E-state index < -0.39 is 127 Å². The average Bonchev–Trinajstić information content (AvgIpc) is 3.84. The molecule has 0 saturated carbocycles. The maximum absolute atomic E-state index is 14.1. The number of carbonyl (C=O) groups is 9. The van der Waals surface area contributed by atoms with Gasteiger partial charge in [-0.2, -0.15) is 0 Å². The van der Waals surface area contributed by atoms with Crippen LogP contribution in [0.4, 0.5) is 0 Å². The molecule has 0 aliphatic carbocycles. The number of hydrogen-bond donors (Lipinski definition) is 16. The number of unbranched alkanes of at least 4 members (excludes halogenated alkanes) is 1. The number of phenolic OH excluding ortho intramolecular Hbond substituents is 1. The van der Waals surface area contributed by atoms with Gasteiger partial charge in [-0.15, -0.1) is 0 Å². The number of phenols is 1. The number of aliphatic hydroxyl groups excluding tert-OH is 3. The number of nitrogens with one attached hydrogen (secondary N) is 7. The number of nitrogens with zero attached hydrogens (tertiary/aromatic N) is 2. The van der Waals surface area contributed by atoms with Gasteiger partial charge in [-0.3, -0.25) is 43.3 Å². The summed E-state index contributed by atoms with van der Waals surface area (Å²) < 4.78 is 0. The monoisotopic (exact) mass is 994 g/mol. The largest absolute Gasteiger partial charge is 0.508 e. The molecule has 0 unspecified atom stereocenters. The number of guanidine groups is 1. The van der Waals surface area contributed by atoms with Crippen molar-refractivity contribution >= 4 is 59.2 Å². The van der Waals surface area contributed by atoms with E-state index in [-0.39, 0.29) is 76.4 Å². The standard InChI is InChI=1S/C43H71N13O14/c1-3-23(2)34(41(68)50-26(8-4-5-15-44)35(62)49-27(9-6-16-48-43(46)47)36(63)54-31(22-59)42(69)70)55-39(66)30(21-58)52-37(64)28(18-24-11-13-25(60)14-12-24)51-38(65)29(20-57)53-40(67)32-10-7-17-56(32)33(61)19-45/h11-14,23,26-32,34,57-60H,3-10,15-22,44-45H2,1-2H3,(H,49,62)(H,50,68)(H,51,65)(H,52,64)(H,53,67)(H,54,63)(H,55,66)(H,69,70)(H4,46,47,48)/t23-,26-,27-,28-,29-,30-,31-,32-,34-/m0/s1. The van der Waals surface area contributed by atoms with Crippen molar-refractivity contribution in [3.63, 3.8) is 0 Å². The zero-order valence-electron chi connectivity index (χ0n) is 39.4. The molecule has 0 spiro atoms. The molecule has 1 saturated heterocycles. The Morgan fingerprint density at radius 3 is 1.73 bits per heavy atom. The van der Waals surface area contributed by atoms with Crippen LogP contribution in [-0.2, 0) is 49.6 Å². The molecule has 9 atom stereocenters. The van der Waals surface area contributed by atoms with E-state index in [0.29, 0.717) is 24.8 Å². The van der Waals surface area contributed by atoms with Crippen LogP contribution in [0, 0.1) is 5.92 Å². The van der Waals surface area contributed by atoms with Gasteiger partial charge in [0.15, 0.2) is 5.96 Å². The number of aliphatic hydroxyl groups is 3. The molecule has 0 bridgehead atoms. The van der Waals surface area contributed by atoms with Gasteiger partial charge in [0.05, 0.1) is 26.4 Å². The maximum atomic E-state index is 14.1. The molecular weight excluding hydrogens is 923 g/mol. The summed E-state index contributed by atoms with van der Waals surface area (Å²) in [5.74, 6) is -9.58. The highest BCUT2D eigenvalue weighted by atomic mass is 16.4. The average molecular weight is 994 g/mol. The first-order chi connectivity index (χ1) is 33.2. The summed E-state index contributed by atoms with van der Waals surface area (Å²) in [6.45, 7) is 0.584. The van der Waals surface area contributed by atoms with Crippen LogP contribution in [0.3, 0.4) is 0 Å². The Balaban J connectivity index is 2.35. The number of carbonyl (C=O) groups excluding carboxylic acids is 8. The van der Waals surface area contributed by atoms with Crippen molar-refractivity contribution in [1.82, 2.24) is 42.1 Å². The lowest BCUT2D eigenvalue weighted by atomic mass is 9.97. The van der Waals surface area contributed by atoms with Crippen molar-refractivity contribution in [1.29, 1.82) is 0 Å². The third-order valence-electron chi connectivity index (χ3n) is 11.4. The fourth-order valence-corrected chi connectivity index (χ4v) is 7.21. The molecule has 2 rings (SSSR count). The van der Waals surface area contributed by atoms with Crippen LogP contribution < -0.4 is 60.2 Å². The van der Waals surface area contributed by atoms with Gasteiger partial charge in [0.1, 0.15) is 54.1 Å². The molecule has 70 heavy (non-hydrogen) atoms. The van der Waals surface area contributed by atoms with E-state index in [9.17, 15) is 68.7 Å². The Morgan fingerprint density at radius 1 is 0.686 bits per heavy atom. The SMILES string of the molecule is CC[C@H](C)[C@H](NC(=O)[C@H](CO)NC(=O)[C@H](Cc1ccc(O)cc1)NC(=O)[C@H](CO)NC(=O)[C@@H]1CCCN1C(=O)CN)C(=O)N[C@@H](CCCCN)C(=O)N[C@@H](CCCN=C(N)N)C(=O)N[C@@H](CO)C(=O)O. The van der Waals surface area contributed by atoms with Crippen LogP contribution in [0.5, 0.6) is 5.75 Å². The molecule has 1 aliphatic rings. The number of amides is 8. The zero-order valence-corrected chi connectivity index (χ0v) is 39.4. The summed E-state index contributed by atoms with van der Waals surface area (Å²) in [7, 11) is 0. The smallest absolute Gasteiger partial charge is 0.328 e. The van der Waals surface area contributed by atoms with Crippen LogP contribution in [0.15, 0.2) is 29.3 Å². The number of aromatic hydroxyl groups is 1. The summed E-state index contributed by atoms with van der Waals surface area (Å²) in [4.78, 5) is 125. The second-order valence-electron chi connectivity index (χ2n) is 16.7. The number of likely N-dealkylation sites (tertiary alicyclic amines) is 1. The highest BCUT2D eigenvalue weighted by Crippen LogP contribution is 2.18. The Kier molecular flexibility index (Phi) is 26.1. The Bertz CT molecular complexity index is 1960. The van der Waals surface area contributed by atoms with Crippen molar-refractivity contribution in [3.05, 3.63) is 29.8 Å². The molecule has 27 nitrogen and oxygen atoms in total. The van der Waals surface area contributed by atoms with E-state index >= 15 is 0 Å². The molecule has 8 amide bonds. The second kappa shape index (κ2) is 30.7. The van der Waals surface area contributed by atoms with E-state index in [2.05, 4.69) is 42.2 Å². The number of hydrogen-bond acceptors (Lipinski definition) is 16. The van der Waals surface area contributed by atoms with Gasteiger partial charge in [-0.25, -0.2) is 4.79 Å². The molecule has 1 heterocycles. The molecule has 0 radical (unpaired) electrons. The van der Waals surface area contributed by atoms with Crippen LogP contribution in [0.25, 0.3) is 0 Å². The zero-order chi connectivity index (χ0) is 52.5. The fraction of sp³-hybridized carbons (Fsp3) is 0.628. The van der Waals surface area contributed by atoms with Crippen molar-refractivity contribution < 1.29 is 68.7 Å². The van der Waals surface area contributed by atoms with Crippen LogP contribution >= 0.6 is 0 Å². The highest BCUT2D eigenvalue weighted by Gasteiger charge is 2.38. The van der Waals surface area contributed by atoms with Crippen LogP contribution in [0.1, 0.15) is 70.8 Å². The Labute approximate surface area is 404 Å². The minimum Gasteiger partial charge on any atom is -0.508 e. The van der Waals surface area contributed by atoms with Gasteiger partial charge in [0.25, 0.3) is 0 Å². The first-order valence-electron chi connectivity index (χ1n) is 23.0. The van der Waals surface area contributed by atoms with Gasteiger partial charge in [-0.1, -0.05) is 32.4 Å². The summed E-state index contributed by atoms with van der Waals surface area (Å²) in [6, 6.07) is -6.18. The van der Waals surface area contributed by atoms with Gasteiger partial charge in [0.2, 0.25) is 47.3 Å². The Hall–Kier alpha value is -6.68. The van der Waals surface area contributed by atoms with E-state index in [4.69, 9.17) is 22.9 Å². The number of carboxylic acid groups (broad SMARTS) is 1. The molecule has 0 aromatic heterocycles. The number of aliphatic carboxylic acids is 1. The first kappa shape index (κ1) is 59.4. The molecule has 1 fully saturated rings. The predicted octanol–water partition coefficient (Wildman–Crippen LogP) is -6.43. The van der Waals surface area contributed by atoms with E-state index in [1.165, 1.54) is 29.2 Å². The molecule has 392 valence electrons. The van der Waals surface area contributed by atoms with E-state index in [0.717, 1.165) is 0 Å². The summed E-state index contributed by atoms with van der Waals surface area (Å²) in [5.41, 5.74) is 22.3. The molecule has 1 aliphatic heterocycles. The molecule has 1 aromatic carbocycles. The van der Waals surface area contributed by atoms with Crippen molar-refractivity contribution in [3.8, 4) is 5.75 Å². The van der Waals surface area contributed by atoms with E-state index in [1.54, 1.807) is 13.8 Å². The fourth-order valence-electron chi connectivity index (χ4n) is 7.21. The molecular formula is C43H71N13O14. The van der Waals surface area contributed by atoms with Crippen molar-refractivity contribution in [2.45, 2.75) is 120 Å². The van der Waals surface area contributed by atoms with Gasteiger partial charge < -0.3 is 90.6 Å². The Morgan fingerprint density at radius 2 is 1.19 bits per heavy atom. The van der Waals surface area contributed by atoms with Crippen molar-refractivity contribution in [2.24, 2.45) is 33.8 Å². The molecule has 27 heteroatoms. The lowest BCUT2D eigenvalue weighted by Gasteiger charge is -2.29. The maximum Gasteiger partial charge on any atom is 0.328 e. The number of nitrogens with two attached hydrogens (primary N) is 4. The minimum absolute atomic E-state index is 0.00998. The van der Waals surface area contributed by atoms with Crippen LogP contribution in [-0.4, -0.2) is 184 Å². The van der Waals surface area contributed by atoms with Crippen molar-refractivity contribution in [2.75, 3.05) is 46.0 Å². The van der Waals surface area contributed by atoms with Crippen LogP contribution in [0.2, 0.25) is 0 Å². The summed E-state index contributed by atoms with van der Waals surface area (Å²) in [5, 5.41) is 66.2. The number of carboxylic acids is 1. The minimum atomic E-state index is -1.75. The molecule has 20 N–H and O–H groups in total. The third-order valence-corrected chi connectivity index (χ3v) is 11.4. The second-order valence-corrected chi connectivity index (χ2v) is 16.7. The summed E-state index contributed by atoms with van der Waals surface area (Å²) >= 11 is 0. The van der Waals surface area contributed by atoms with E-state index in [1.807, 2.05) is 0 Å². The summed E-state index contributed by atoms with van der Waals surface area (Å²) in [6.07, 6.45) is 1.53. The third kappa shape index (κ3) is 19.4. The van der Waals surface area contributed by atoms with Gasteiger partial charge >= 0.3 is 5.97 Å². The van der Waals surface area contributed by atoms with Gasteiger partial charge in [-0.05, 0) is 75.1 Å². The lowest BCUT2D eigenvalue weighted by molar-refractivity contribution is -0.143. The number of benzene rings is 1. The normalized spacial score (nSPS) is 16.6. The predicted molar refractivity (Wildman–Crippen MR) is 250 cm³/mol. The molecule has 1 aromatic rings. The number of rotatable bonds is 31. The quantitative estimate of drug-likeness (QED) is 0.0187. The highest BCUT2D eigenvalue weighted by molar-refractivity contribution is 5.98. The topological polar surface area (TPSA) is 459 Å².